The number of hydrogen-bond acceptors (Lipinski definition) is 6. The molecule has 1 unspecified atom stereocenters. The van der Waals surface area contributed by atoms with E-state index in [2.05, 4.69) is 69.4 Å². The highest BCUT2D eigenvalue weighted by molar-refractivity contribution is 5.72. The molecule has 0 radical (unpaired) electrons. The highest BCUT2D eigenvalue weighted by Crippen LogP contribution is 2.13. The Hall–Kier alpha value is -4.45. The Morgan fingerprint density at radius 1 is 0.354 bits per heavy atom. The second-order valence-corrected chi connectivity index (χ2v) is 16.5. The molecule has 0 aromatic carbocycles. The van der Waals surface area contributed by atoms with Gasteiger partial charge in [-0.2, -0.15) is 0 Å². The van der Waals surface area contributed by atoms with Crippen LogP contribution in [0.15, 0.2) is 134 Å². The first-order chi connectivity index (χ1) is 32.0. The average molecular weight is 897 g/mol. The summed E-state index contributed by atoms with van der Waals surface area (Å²) in [5, 5.41) is 0. The van der Waals surface area contributed by atoms with Gasteiger partial charge in [0, 0.05) is 12.8 Å². The van der Waals surface area contributed by atoms with E-state index in [0.717, 1.165) is 64.2 Å². The number of rotatable bonds is 44. The molecule has 0 aliphatic heterocycles. The minimum Gasteiger partial charge on any atom is -0.462 e. The van der Waals surface area contributed by atoms with Gasteiger partial charge in [0.1, 0.15) is 13.2 Å². The van der Waals surface area contributed by atoms with E-state index in [0.29, 0.717) is 12.8 Å². The van der Waals surface area contributed by atoms with Gasteiger partial charge in [0.25, 0.3) is 0 Å². The third-order valence-electron chi connectivity index (χ3n) is 10.3. The summed E-state index contributed by atoms with van der Waals surface area (Å²) in [7, 11) is 0. The topological polar surface area (TPSA) is 78.9 Å². The minimum absolute atomic E-state index is 0.120. The lowest BCUT2D eigenvalue weighted by Crippen LogP contribution is -2.30. The van der Waals surface area contributed by atoms with E-state index in [1.54, 1.807) is 6.08 Å². The van der Waals surface area contributed by atoms with Crippen LogP contribution >= 0.6 is 0 Å². The summed E-state index contributed by atoms with van der Waals surface area (Å²) >= 11 is 0. The molecule has 0 aromatic rings. The molecule has 6 heteroatoms. The first-order valence-electron chi connectivity index (χ1n) is 25.8. The highest BCUT2D eigenvalue weighted by atomic mass is 16.6. The van der Waals surface area contributed by atoms with Gasteiger partial charge in [0.05, 0.1) is 6.42 Å². The Morgan fingerprint density at radius 3 is 1.26 bits per heavy atom. The van der Waals surface area contributed by atoms with Crippen LogP contribution in [0.4, 0.5) is 0 Å². The Bertz CT molecular complexity index is 1450. The van der Waals surface area contributed by atoms with Crippen molar-refractivity contribution in [3.05, 3.63) is 134 Å². The van der Waals surface area contributed by atoms with Gasteiger partial charge >= 0.3 is 17.9 Å². The summed E-state index contributed by atoms with van der Waals surface area (Å²) in [6.07, 6.45) is 73.3. The van der Waals surface area contributed by atoms with Crippen molar-refractivity contribution in [3.8, 4) is 0 Å². The van der Waals surface area contributed by atoms with E-state index in [9.17, 15) is 14.4 Å². The first-order valence-corrected chi connectivity index (χ1v) is 25.8. The van der Waals surface area contributed by atoms with E-state index in [1.165, 1.54) is 89.9 Å². The smallest absolute Gasteiger partial charge is 0.309 e. The Morgan fingerprint density at radius 2 is 0.738 bits per heavy atom. The van der Waals surface area contributed by atoms with Gasteiger partial charge in [-0.1, -0.05) is 238 Å². The second kappa shape index (κ2) is 52.2. The third-order valence-corrected chi connectivity index (χ3v) is 10.3. The number of esters is 3. The number of unbranched alkanes of at least 4 members (excludes halogenated alkanes) is 18. The lowest BCUT2D eigenvalue weighted by atomic mass is 10.1. The van der Waals surface area contributed by atoms with Gasteiger partial charge in [-0.25, -0.2) is 0 Å². The summed E-state index contributed by atoms with van der Waals surface area (Å²) in [6, 6.07) is 0. The lowest BCUT2D eigenvalue weighted by Gasteiger charge is -2.18. The molecule has 0 rings (SSSR count). The predicted molar refractivity (Wildman–Crippen MR) is 279 cm³/mol. The molecule has 0 aliphatic carbocycles. The summed E-state index contributed by atoms with van der Waals surface area (Å²) in [5.74, 6) is -1.12. The maximum absolute atomic E-state index is 12.8. The van der Waals surface area contributed by atoms with E-state index in [1.807, 2.05) is 79.0 Å². The van der Waals surface area contributed by atoms with Gasteiger partial charge in [-0.3, -0.25) is 14.4 Å². The molecule has 1 atom stereocenters. The van der Waals surface area contributed by atoms with Gasteiger partial charge in [0.15, 0.2) is 6.10 Å². The molecule has 0 saturated heterocycles. The van der Waals surface area contributed by atoms with Crippen molar-refractivity contribution in [1.29, 1.82) is 0 Å². The monoisotopic (exact) mass is 897 g/mol. The lowest BCUT2D eigenvalue weighted by molar-refractivity contribution is -0.166. The van der Waals surface area contributed by atoms with E-state index in [-0.39, 0.29) is 38.0 Å². The zero-order chi connectivity index (χ0) is 47.2. The second-order valence-electron chi connectivity index (χ2n) is 16.5. The first kappa shape index (κ1) is 60.5. The Kier molecular flexibility index (Phi) is 48.6. The fraction of sp³-hybridized carbons (Fsp3) is 0.576. The molecule has 0 heterocycles. The van der Waals surface area contributed by atoms with Crippen LogP contribution in [0.2, 0.25) is 0 Å². The Balaban J connectivity index is 4.49. The van der Waals surface area contributed by atoms with Crippen LogP contribution < -0.4 is 0 Å². The molecule has 0 saturated carbocycles. The van der Waals surface area contributed by atoms with Crippen LogP contribution in [0, 0.1) is 0 Å². The normalized spacial score (nSPS) is 13.2. The molecule has 6 nitrogen and oxygen atoms in total. The molecule has 0 N–H and O–H groups in total. The van der Waals surface area contributed by atoms with Crippen LogP contribution in [0.3, 0.4) is 0 Å². The zero-order valence-corrected chi connectivity index (χ0v) is 41.4. The molecule has 0 bridgehead atoms. The molecule has 0 amide bonds. The maximum Gasteiger partial charge on any atom is 0.309 e. The summed E-state index contributed by atoms with van der Waals surface area (Å²) in [4.78, 5) is 37.8. The van der Waals surface area contributed by atoms with E-state index in [4.69, 9.17) is 14.2 Å². The Labute approximate surface area is 398 Å². The average Bonchev–Trinajstić information content (AvgIpc) is 3.30. The van der Waals surface area contributed by atoms with Crippen LogP contribution in [0.25, 0.3) is 0 Å². The summed E-state index contributed by atoms with van der Waals surface area (Å²) < 4.78 is 16.6. The van der Waals surface area contributed by atoms with Crippen molar-refractivity contribution < 1.29 is 28.6 Å². The van der Waals surface area contributed by atoms with Crippen molar-refractivity contribution in [2.24, 2.45) is 0 Å². The number of carbonyl (C=O) groups is 3. The summed E-state index contributed by atoms with van der Waals surface area (Å²) in [5.41, 5.74) is 0. The molecule has 0 spiro atoms. The molecular formula is C59H92O6. The fourth-order valence-corrected chi connectivity index (χ4v) is 6.54. The summed E-state index contributed by atoms with van der Waals surface area (Å²) in [6.45, 7) is 6.21. The largest absolute Gasteiger partial charge is 0.462 e. The SMILES string of the molecule is CC\C=C/C=C\C=C/C=C\C=C\C=C/C=C\CCCCCC(=O)OCC(COC(=O)C/C=C\C/C=C\C/C=C\CC)OC(=O)CCCCCCCCC/C=C\CCCCCCCCCC. The number of allylic oxidation sites excluding steroid dienone is 21. The van der Waals surface area contributed by atoms with Gasteiger partial charge in [-0.05, 0) is 77.0 Å². The molecule has 0 aromatic heterocycles. The van der Waals surface area contributed by atoms with Crippen molar-refractivity contribution in [2.45, 2.75) is 207 Å². The minimum atomic E-state index is -0.839. The van der Waals surface area contributed by atoms with Crippen molar-refractivity contribution in [1.82, 2.24) is 0 Å². The number of carbonyl (C=O) groups excluding carboxylic acids is 3. The van der Waals surface area contributed by atoms with Crippen LogP contribution in [0.1, 0.15) is 201 Å². The molecule has 364 valence electrons. The quantitative estimate of drug-likeness (QED) is 0.0199. The van der Waals surface area contributed by atoms with Gasteiger partial charge in [-0.15, -0.1) is 0 Å². The predicted octanol–water partition coefficient (Wildman–Crippen LogP) is 17.1. The number of ether oxygens (including phenoxy) is 3. The molecule has 0 fully saturated rings. The fourth-order valence-electron chi connectivity index (χ4n) is 6.54. The van der Waals surface area contributed by atoms with Crippen molar-refractivity contribution in [2.75, 3.05) is 13.2 Å². The van der Waals surface area contributed by atoms with Crippen LogP contribution in [-0.2, 0) is 28.6 Å². The van der Waals surface area contributed by atoms with E-state index < -0.39 is 12.1 Å². The molecular weight excluding hydrogens is 805 g/mol. The van der Waals surface area contributed by atoms with Crippen molar-refractivity contribution >= 4 is 17.9 Å². The number of hydrogen-bond donors (Lipinski definition) is 0. The highest BCUT2D eigenvalue weighted by Gasteiger charge is 2.19. The van der Waals surface area contributed by atoms with Crippen LogP contribution in [-0.4, -0.2) is 37.2 Å². The molecule has 0 aliphatic rings. The van der Waals surface area contributed by atoms with Crippen molar-refractivity contribution in [3.63, 3.8) is 0 Å². The zero-order valence-electron chi connectivity index (χ0n) is 41.4. The molecule has 65 heavy (non-hydrogen) atoms. The third kappa shape index (κ3) is 50.4. The van der Waals surface area contributed by atoms with Crippen LogP contribution in [0.5, 0.6) is 0 Å². The maximum atomic E-state index is 12.8. The van der Waals surface area contributed by atoms with E-state index >= 15 is 0 Å². The van der Waals surface area contributed by atoms with Gasteiger partial charge < -0.3 is 14.2 Å². The standard InChI is InChI=1S/C59H92O6/c1-4-7-10-13-16-19-21-23-25-27-29-31-33-35-37-40-43-46-49-52-58(61)64-55-56(54-63-57(60)51-48-45-42-39-18-15-12-9-6-3)65-59(62)53-50-47-44-41-38-36-34-32-30-28-26-24-22-20-17-14-11-8-5-2/h7,9-10,12-13,16,18-19,21,23,25,27-31,33,35,37,39,45,48,56H,4-6,8,11,14-15,17,20,22,24,26,32,34,36,38,40-44,46-47,49-55H2,1-3H3/b10-7-,12-9-,16-13-,21-19-,25-23-,29-27+,30-28-,33-31-,37-35-,39-18-,48-45-. The van der Waals surface area contributed by atoms with Gasteiger partial charge in [0.2, 0.25) is 0 Å².